The number of carbonyl (C=O) groups excluding carboxylic acids is 1. The van der Waals surface area contributed by atoms with Gasteiger partial charge < -0.3 is 4.74 Å². The van der Waals surface area contributed by atoms with Gasteiger partial charge in [0.1, 0.15) is 5.15 Å². The van der Waals surface area contributed by atoms with Gasteiger partial charge >= 0.3 is 5.97 Å². The molecule has 0 aliphatic carbocycles. The molecule has 0 amide bonds. The summed E-state index contributed by atoms with van der Waals surface area (Å²) in [5.74, 6) is -0.375. The summed E-state index contributed by atoms with van der Waals surface area (Å²) in [7, 11) is 0. The van der Waals surface area contributed by atoms with E-state index in [1.165, 1.54) is 6.07 Å². The van der Waals surface area contributed by atoms with Crippen LogP contribution in [-0.2, 0) is 4.74 Å². The Morgan fingerprint density at radius 1 is 1.35 bits per heavy atom. The zero-order valence-corrected chi connectivity index (χ0v) is 10.4. The van der Waals surface area contributed by atoms with Crippen molar-refractivity contribution in [1.82, 2.24) is 4.98 Å². The van der Waals surface area contributed by atoms with Crippen LogP contribution >= 0.6 is 11.6 Å². The zero-order chi connectivity index (χ0) is 12.4. The van der Waals surface area contributed by atoms with Gasteiger partial charge in [0.05, 0.1) is 17.2 Å². The lowest BCUT2D eigenvalue weighted by Crippen LogP contribution is -2.12. The monoisotopic (exact) mass is 249 g/mol. The molecule has 0 unspecified atom stereocenters. The Morgan fingerprint density at radius 3 is 2.76 bits per heavy atom. The van der Waals surface area contributed by atoms with E-state index < -0.39 is 0 Å². The lowest BCUT2D eigenvalue weighted by atomic mass is 10.1. The van der Waals surface area contributed by atoms with E-state index in [1.54, 1.807) is 0 Å². The topological polar surface area (TPSA) is 39.2 Å². The summed E-state index contributed by atoms with van der Waals surface area (Å²) in [6.45, 7) is 3.62. The largest absolute Gasteiger partial charge is 0.459 e. The lowest BCUT2D eigenvalue weighted by Gasteiger charge is -2.10. The molecule has 1 heterocycles. The molecule has 0 radical (unpaired) electrons. The van der Waals surface area contributed by atoms with Gasteiger partial charge in [-0.15, -0.1) is 0 Å². The van der Waals surface area contributed by atoms with E-state index in [9.17, 15) is 4.79 Å². The average molecular weight is 250 g/mol. The molecule has 0 saturated heterocycles. The van der Waals surface area contributed by atoms with Crippen LogP contribution in [0.25, 0.3) is 10.9 Å². The van der Waals surface area contributed by atoms with Crippen molar-refractivity contribution in [2.24, 2.45) is 0 Å². The molecule has 2 rings (SSSR count). The van der Waals surface area contributed by atoms with E-state index in [1.807, 2.05) is 38.1 Å². The molecule has 88 valence electrons. The quantitative estimate of drug-likeness (QED) is 0.604. The normalized spacial score (nSPS) is 10.8. The number of halogens is 1. The van der Waals surface area contributed by atoms with Crippen molar-refractivity contribution in [2.75, 3.05) is 0 Å². The van der Waals surface area contributed by atoms with Crippen LogP contribution in [0, 0.1) is 0 Å². The van der Waals surface area contributed by atoms with E-state index in [0.29, 0.717) is 16.2 Å². The molecule has 0 aliphatic heterocycles. The number of hydrogen-bond acceptors (Lipinski definition) is 3. The molecular formula is C13H12ClNO2. The highest BCUT2D eigenvalue weighted by molar-refractivity contribution is 6.30. The smallest absolute Gasteiger partial charge is 0.339 e. The number of nitrogens with zero attached hydrogens (tertiary/aromatic N) is 1. The molecule has 4 heteroatoms. The second-order valence-electron chi connectivity index (χ2n) is 3.96. The van der Waals surface area contributed by atoms with Crippen LogP contribution in [0.4, 0.5) is 0 Å². The van der Waals surface area contributed by atoms with E-state index >= 15 is 0 Å². The van der Waals surface area contributed by atoms with Crippen LogP contribution in [0.2, 0.25) is 5.15 Å². The summed E-state index contributed by atoms with van der Waals surface area (Å²) >= 11 is 5.89. The number of para-hydroxylation sites is 1. The fraction of sp³-hybridized carbons (Fsp3) is 0.231. The molecule has 0 N–H and O–H groups in total. The van der Waals surface area contributed by atoms with Crippen molar-refractivity contribution in [1.29, 1.82) is 0 Å². The minimum atomic E-state index is -0.375. The number of fused-ring (bicyclic) bond motifs is 1. The SMILES string of the molecule is CC(C)OC(=O)c1cc(Cl)nc2ccccc12. The van der Waals surface area contributed by atoms with Crippen molar-refractivity contribution in [3.05, 3.63) is 41.0 Å². The summed E-state index contributed by atoms with van der Waals surface area (Å²) in [6, 6.07) is 8.88. The fourth-order valence-corrected chi connectivity index (χ4v) is 1.79. The number of esters is 1. The Hall–Kier alpha value is -1.61. The number of aromatic nitrogens is 1. The van der Waals surface area contributed by atoms with Crippen molar-refractivity contribution in [3.8, 4) is 0 Å². The van der Waals surface area contributed by atoms with E-state index in [2.05, 4.69) is 4.98 Å². The maximum atomic E-state index is 11.9. The van der Waals surface area contributed by atoms with Gasteiger partial charge in [-0.25, -0.2) is 9.78 Å². The van der Waals surface area contributed by atoms with Crippen molar-refractivity contribution in [2.45, 2.75) is 20.0 Å². The van der Waals surface area contributed by atoms with Gasteiger partial charge in [0.15, 0.2) is 0 Å². The second kappa shape index (κ2) is 4.72. The van der Waals surface area contributed by atoms with Gasteiger partial charge in [0.2, 0.25) is 0 Å². The Kier molecular flexibility index (Phi) is 3.29. The van der Waals surface area contributed by atoms with Gasteiger partial charge in [-0.3, -0.25) is 0 Å². The molecule has 17 heavy (non-hydrogen) atoms. The van der Waals surface area contributed by atoms with Crippen LogP contribution in [0.5, 0.6) is 0 Å². The van der Waals surface area contributed by atoms with Crippen LogP contribution in [-0.4, -0.2) is 17.1 Å². The second-order valence-corrected chi connectivity index (χ2v) is 4.35. The summed E-state index contributed by atoms with van der Waals surface area (Å²) in [6.07, 6.45) is -0.159. The predicted molar refractivity (Wildman–Crippen MR) is 67.3 cm³/mol. The summed E-state index contributed by atoms with van der Waals surface area (Å²) in [5, 5.41) is 1.04. The molecule has 0 aliphatic rings. The number of benzene rings is 1. The maximum Gasteiger partial charge on any atom is 0.339 e. The maximum absolute atomic E-state index is 11.9. The van der Waals surface area contributed by atoms with Crippen molar-refractivity contribution < 1.29 is 9.53 Å². The summed E-state index contributed by atoms with van der Waals surface area (Å²) < 4.78 is 5.17. The minimum Gasteiger partial charge on any atom is -0.459 e. The third kappa shape index (κ3) is 2.56. The number of pyridine rings is 1. The highest BCUT2D eigenvalue weighted by atomic mass is 35.5. The molecular weight excluding hydrogens is 238 g/mol. The molecule has 0 saturated carbocycles. The predicted octanol–water partition coefficient (Wildman–Crippen LogP) is 3.45. The van der Waals surface area contributed by atoms with Gasteiger partial charge in [-0.05, 0) is 26.0 Å². The Morgan fingerprint density at radius 2 is 2.06 bits per heavy atom. The van der Waals surface area contributed by atoms with Crippen molar-refractivity contribution in [3.63, 3.8) is 0 Å². The average Bonchev–Trinajstić information content (AvgIpc) is 2.26. The number of ether oxygens (including phenoxy) is 1. The zero-order valence-electron chi connectivity index (χ0n) is 9.61. The highest BCUT2D eigenvalue weighted by Gasteiger charge is 2.14. The van der Waals surface area contributed by atoms with Crippen molar-refractivity contribution >= 4 is 28.5 Å². The minimum absolute atomic E-state index is 0.159. The molecule has 2 aromatic rings. The Bertz CT molecular complexity index is 566. The van der Waals surface area contributed by atoms with Gasteiger partial charge in [0.25, 0.3) is 0 Å². The van der Waals surface area contributed by atoms with Gasteiger partial charge in [-0.2, -0.15) is 0 Å². The first-order chi connectivity index (χ1) is 8.08. The molecule has 0 spiro atoms. The van der Waals surface area contributed by atoms with Gasteiger partial charge in [-0.1, -0.05) is 29.8 Å². The molecule has 1 aromatic heterocycles. The Labute approximate surface area is 104 Å². The van der Waals surface area contributed by atoms with Crippen LogP contribution < -0.4 is 0 Å². The standard InChI is InChI=1S/C13H12ClNO2/c1-8(2)17-13(16)10-7-12(14)15-11-6-4-3-5-9(10)11/h3-8H,1-2H3. The lowest BCUT2D eigenvalue weighted by molar-refractivity contribution is 0.0380. The fourth-order valence-electron chi connectivity index (χ4n) is 1.59. The molecule has 1 aromatic carbocycles. The number of carbonyl (C=O) groups is 1. The molecule has 0 atom stereocenters. The summed E-state index contributed by atoms with van der Waals surface area (Å²) in [5.41, 5.74) is 1.14. The van der Waals surface area contributed by atoms with Crippen LogP contribution in [0.1, 0.15) is 24.2 Å². The van der Waals surface area contributed by atoms with Crippen LogP contribution in [0.3, 0.4) is 0 Å². The van der Waals surface area contributed by atoms with E-state index in [4.69, 9.17) is 16.3 Å². The highest BCUT2D eigenvalue weighted by Crippen LogP contribution is 2.21. The molecule has 0 bridgehead atoms. The first-order valence-corrected chi connectivity index (χ1v) is 5.72. The van der Waals surface area contributed by atoms with E-state index in [-0.39, 0.29) is 12.1 Å². The third-order valence-corrected chi connectivity index (χ3v) is 2.44. The number of rotatable bonds is 2. The van der Waals surface area contributed by atoms with E-state index in [0.717, 1.165) is 5.39 Å². The number of hydrogen-bond donors (Lipinski definition) is 0. The molecule has 0 fully saturated rings. The first-order valence-electron chi connectivity index (χ1n) is 5.34. The summed E-state index contributed by atoms with van der Waals surface area (Å²) in [4.78, 5) is 16.1. The third-order valence-electron chi connectivity index (χ3n) is 2.25. The Balaban J connectivity index is 2.56. The van der Waals surface area contributed by atoms with Crippen LogP contribution in [0.15, 0.2) is 30.3 Å². The van der Waals surface area contributed by atoms with Gasteiger partial charge in [0, 0.05) is 5.39 Å². The first kappa shape index (κ1) is 11.9. The molecule has 3 nitrogen and oxygen atoms in total.